The number of sulfone groups is 1. The highest BCUT2D eigenvalue weighted by molar-refractivity contribution is 7.90. The van der Waals surface area contributed by atoms with Crippen LogP contribution in [0, 0.1) is 0 Å². The smallest absolute Gasteiger partial charge is 0.392 e. The monoisotopic (exact) mass is 530 g/mol. The number of benzene rings is 3. The molecule has 0 fully saturated rings. The van der Waals surface area contributed by atoms with E-state index < -0.39 is 33.8 Å². The van der Waals surface area contributed by atoms with Crippen molar-refractivity contribution in [3.63, 3.8) is 0 Å². The Labute approximate surface area is 212 Å². The number of alkyl halides is 3. The fourth-order valence-electron chi connectivity index (χ4n) is 4.01. The van der Waals surface area contributed by atoms with Gasteiger partial charge in [0, 0.05) is 23.7 Å². The molecule has 1 heterocycles. The van der Waals surface area contributed by atoms with Crippen LogP contribution >= 0.6 is 0 Å². The van der Waals surface area contributed by atoms with Crippen LogP contribution in [0.2, 0.25) is 0 Å². The number of hydrogen-bond acceptors (Lipinski definition) is 5. The van der Waals surface area contributed by atoms with Crippen LogP contribution in [-0.2, 0) is 28.2 Å². The number of imidazole rings is 1. The summed E-state index contributed by atoms with van der Waals surface area (Å²) in [6.07, 6.45) is -2.05. The predicted octanol–water partition coefficient (Wildman–Crippen LogP) is 5.35. The van der Waals surface area contributed by atoms with Gasteiger partial charge in [0.15, 0.2) is 9.84 Å². The van der Waals surface area contributed by atoms with E-state index in [2.05, 4.69) is 4.98 Å². The fourth-order valence-corrected chi connectivity index (χ4v) is 4.96. The maximum Gasteiger partial charge on any atom is 0.417 e. The number of halogens is 3. The van der Waals surface area contributed by atoms with Gasteiger partial charge in [-0.3, -0.25) is 4.57 Å². The van der Waals surface area contributed by atoms with Crippen molar-refractivity contribution >= 4 is 9.84 Å². The highest BCUT2D eigenvalue weighted by atomic mass is 32.2. The summed E-state index contributed by atoms with van der Waals surface area (Å²) in [5.41, 5.74) is -0.148. The number of rotatable bonds is 6. The Kier molecular flexibility index (Phi) is 6.78. The van der Waals surface area contributed by atoms with Crippen molar-refractivity contribution in [2.45, 2.75) is 37.1 Å². The molecule has 0 atom stereocenters. The van der Waals surface area contributed by atoms with Crippen molar-refractivity contribution in [3.05, 3.63) is 89.7 Å². The van der Waals surface area contributed by atoms with Crippen LogP contribution in [0.25, 0.3) is 28.2 Å². The molecule has 0 aliphatic rings. The molecule has 37 heavy (non-hydrogen) atoms. The number of hydrogen-bond donors (Lipinski definition) is 2. The molecular formula is C27H25F3N2O4S. The van der Waals surface area contributed by atoms with Crippen molar-refractivity contribution in [1.82, 2.24) is 9.55 Å². The van der Waals surface area contributed by atoms with E-state index in [0.717, 1.165) is 12.3 Å². The third-order valence-corrected chi connectivity index (χ3v) is 7.10. The molecule has 0 aliphatic heterocycles. The number of nitrogens with zero attached hydrogens (tertiary/aromatic N) is 2. The van der Waals surface area contributed by atoms with E-state index in [1.165, 1.54) is 54.9 Å². The van der Waals surface area contributed by atoms with Gasteiger partial charge in [-0.2, -0.15) is 13.2 Å². The zero-order valence-electron chi connectivity index (χ0n) is 20.3. The zero-order valence-corrected chi connectivity index (χ0v) is 21.1. The van der Waals surface area contributed by atoms with Crippen LogP contribution in [0.1, 0.15) is 30.7 Å². The highest BCUT2D eigenvalue weighted by Gasteiger charge is 2.35. The lowest BCUT2D eigenvalue weighted by atomic mass is 10.0. The molecule has 3 aromatic carbocycles. The molecule has 0 saturated carbocycles. The summed E-state index contributed by atoms with van der Waals surface area (Å²) in [6.45, 7) is 2.57. The topological polar surface area (TPSA) is 92.4 Å². The largest absolute Gasteiger partial charge is 0.417 e. The minimum Gasteiger partial charge on any atom is -0.392 e. The van der Waals surface area contributed by atoms with Crippen molar-refractivity contribution < 1.29 is 31.8 Å². The Morgan fingerprint density at radius 2 is 1.57 bits per heavy atom. The molecule has 0 aliphatic carbocycles. The summed E-state index contributed by atoms with van der Waals surface area (Å²) in [4.78, 5) is 4.38. The molecule has 1 aromatic heterocycles. The molecule has 10 heteroatoms. The second-order valence-corrected chi connectivity index (χ2v) is 11.2. The Morgan fingerprint density at radius 1 is 0.946 bits per heavy atom. The standard InChI is InChI=1S/C27H25F3N2O4S/c1-26(2,34)24-15-32(25(31-24)21-6-4-5-7-22(21)27(28,29)30)20-12-10-17(11-13-20)18-8-9-19(16-33)23(14-18)37(3,35)36/h4-15,33-34H,16H2,1-3H3. The summed E-state index contributed by atoms with van der Waals surface area (Å²) in [6, 6.07) is 16.6. The van der Waals surface area contributed by atoms with E-state index in [-0.39, 0.29) is 27.5 Å². The van der Waals surface area contributed by atoms with Gasteiger partial charge < -0.3 is 10.2 Å². The van der Waals surface area contributed by atoms with E-state index in [1.54, 1.807) is 30.3 Å². The van der Waals surface area contributed by atoms with Gasteiger partial charge in [-0.25, -0.2) is 13.4 Å². The van der Waals surface area contributed by atoms with Gasteiger partial charge in [-0.05, 0) is 54.8 Å². The Morgan fingerprint density at radius 3 is 2.14 bits per heavy atom. The first-order valence-corrected chi connectivity index (χ1v) is 13.1. The minimum absolute atomic E-state index is 0.0180. The molecule has 4 rings (SSSR count). The number of aliphatic hydroxyl groups is 2. The van der Waals surface area contributed by atoms with Gasteiger partial charge in [0.05, 0.1) is 22.8 Å². The van der Waals surface area contributed by atoms with E-state index in [0.29, 0.717) is 16.8 Å². The second kappa shape index (κ2) is 9.44. The zero-order chi connectivity index (χ0) is 27.2. The van der Waals surface area contributed by atoms with E-state index in [1.807, 2.05) is 0 Å². The maximum atomic E-state index is 13.8. The molecule has 4 aromatic rings. The molecule has 2 N–H and O–H groups in total. The van der Waals surface area contributed by atoms with Gasteiger partial charge in [-0.1, -0.05) is 42.5 Å². The molecule has 0 bridgehead atoms. The summed E-state index contributed by atoms with van der Waals surface area (Å²) in [7, 11) is -3.58. The first-order valence-electron chi connectivity index (χ1n) is 11.2. The normalized spacial score (nSPS) is 12.6. The molecule has 0 unspecified atom stereocenters. The lowest BCUT2D eigenvalue weighted by molar-refractivity contribution is -0.137. The SMILES string of the molecule is CC(C)(O)c1cn(-c2ccc(-c3ccc(CO)c(S(C)(=O)=O)c3)cc2)c(-c2ccccc2C(F)(F)F)n1. The Bertz CT molecular complexity index is 1550. The van der Waals surface area contributed by atoms with Crippen molar-refractivity contribution in [3.8, 4) is 28.2 Å². The summed E-state index contributed by atoms with van der Waals surface area (Å²) < 4.78 is 67.1. The lowest BCUT2D eigenvalue weighted by Gasteiger charge is -2.14. The summed E-state index contributed by atoms with van der Waals surface area (Å²) in [5, 5.41) is 20.0. The van der Waals surface area contributed by atoms with E-state index in [9.17, 15) is 31.8 Å². The minimum atomic E-state index is -4.61. The average Bonchev–Trinajstić information content (AvgIpc) is 3.29. The first kappa shape index (κ1) is 26.6. The van der Waals surface area contributed by atoms with Crippen LogP contribution in [0.4, 0.5) is 13.2 Å². The Balaban J connectivity index is 1.84. The number of aliphatic hydroxyl groups excluding tert-OH is 1. The molecule has 0 radical (unpaired) electrons. The quantitative estimate of drug-likeness (QED) is 0.351. The van der Waals surface area contributed by atoms with Crippen LogP contribution < -0.4 is 0 Å². The van der Waals surface area contributed by atoms with Gasteiger partial charge in [0.1, 0.15) is 11.4 Å². The van der Waals surface area contributed by atoms with Gasteiger partial charge in [-0.15, -0.1) is 0 Å². The van der Waals surface area contributed by atoms with Crippen LogP contribution in [-0.4, -0.2) is 34.4 Å². The number of aromatic nitrogens is 2. The van der Waals surface area contributed by atoms with E-state index in [4.69, 9.17) is 0 Å². The average molecular weight is 531 g/mol. The lowest BCUT2D eigenvalue weighted by Crippen LogP contribution is -2.15. The molecule has 0 saturated heterocycles. The molecule has 6 nitrogen and oxygen atoms in total. The third-order valence-electron chi connectivity index (χ3n) is 5.92. The van der Waals surface area contributed by atoms with Crippen LogP contribution in [0.5, 0.6) is 0 Å². The molecule has 194 valence electrons. The third kappa shape index (κ3) is 5.46. The summed E-state index contributed by atoms with van der Waals surface area (Å²) >= 11 is 0. The van der Waals surface area contributed by atoms with Gasteiger partial charge >= 0.3 is 6.18 Å². The maximum absolute atomic E-state index is 13.8. The van der Waals surface area contributed by atoms with Crippen LogP contribution in [0.15, 0.2) is 77.8 Å². The fraction of sp³-hybridized carbons (Fsp3) is 0.222. The Hall–Kier alpha value is -3.47. The molecular weight excluding hydrogens is 505 g/mol. The molecule has 0 amide bonds. The van der Waals surface area contributed by atoms with Crippen molar-refractivity contribution in [2.24, 2.45) is 0 Å². The van der Waals surface area contributed by atoms with Crippen molar-refractivity contribution in [2.75, 3.05) is 6.26 Å². The van der Waals surface area contributed by atoms with Crippen LogP contribution in [0.3, 0.4) is 0 Å². The molecule has 0 spiro atoms. The second-order valence-electron chi connectivity index (χ2n) is 9.22. The summed E-state index contributed by atoms with van der Waals surface area (Å²) in [5.74, 6) is 0.0180. The first-order chi connectivity index (χ1) is 17.2. The highest BCUT2D eigenvalue weighted by Crippen LogP contribution is 2.38. The van der Waals surface area contributed by atoms with Gasteiger partial charge in [0.25, 0.3) is 0 Å². The van der Waals surface area contributed by atoms with E-state index >= 15 is 0 Å². The predicted molar refractivity (Wildman–Crippen MR) is 134 cm³/mol. The van der Waals surface area contributed by atoms with Crippen molar-refractivity contribution in [1.29, 1.82) is 0 Å². The van der Waals surface area contributed by atoms with Gasteiger partial charge in [0.2, 0.25) is 0 Å².